The highest BCUT2D eigenvalue weighted by molar-refractivity contribution is 7.19. The first-order chi connectivity index (χ1) is 8.65. The number of nitrogens with one attached hydrogen (secondary N) is 1. The third-order valence-corrected chi connectivity index (χ3v) is 4.25. The van der Waals surface area contributed by atoms with E-state index in [1.165, 1.54) is 17.1 Å². The second-order valence-electron chi connectivity index (χ2n) is 4.35. The molecule has 0 aliphatic carbocycles. The fraction of sp³-hybridized carbons (Fsp3) is 0.231. The van der Waals surface area contributed by atoms with Crippen LogP contribution in [0.1, 0.15) is 4.88 Å². The molecular formula is C13H12N2O2S. The summed E-state index contributed by atoms with van der Waals surface area (Å²) in [5.41, 5.74) is 0. The number of carbonyl (C=O) groups excluding carboxylic acids is 2. The smallest absolute Gasteiger partial charge is 0.324 e. The molecule has 0 bridgehead atoms. The van der Waals surface area contributed by atoms with Crippen molar-refractivity contribution >= 4 is 33.4 Å². The fourth-order valence-electron chi connectivity index (χ4n) is 2.12. The first kappa shape index (κ1) is 11.2. The maximum absolute atomic E-state index is 11.8. The zero-order valence-electron chi connectivity index (χ0n) is 9.84. The minimum absolute atomic E-state index is 0.155. The number of fused-ring (bicyclic) bond motifs is 1. The van der Waals surface area contributed by atoms with Gasteiger partial charge in [0.15, 0.2) is 0 Å². The average Bonchev–Trinajstić information content (AvgIpc) is 2.87. The minimum Gasteiger partial charge on any atom is -0.325 e. The average molecular weight is 260 g/mol. The van der Waals surface area contributed by atoms with Gasteiger partial charge in [-0.05, 0) is 17.5 Å². The summed E-state index contributed by atoms with van der Waals surface area (Å²) in [4.78, 5) is 25.4. The van der Waals surface area contributed by atoms with Crippen LogP contribution in [0.2, 0.25) is 0 Å². The first-order valence-electron chi connectivity index (χ1n) is 5.70. The van der Waals surface area contributed by atoms with Crippen LogP contribution in [0.15, 0.2) is 30.3 Å². The monoisotopic (exact) mass is 260 g/mol. The summed E-state index contributed by atoms with van der Waals surface area (Å²) in [6, 6.07) is 9.45. The summed E-state index contributed by atoms with van der Waals surface area (Å²) in [6.45, 7) is 0. The number of carbonyl (C=O) groups is 2. The molecule has 1 unspecified atom stereocenters. The largest absolute Gasteiger partial charge is 0.325 e. The van der Waals surface area contributed by atoms with Crippen molar-refractivity contribution < 1.29 is 9.59 Å². The maximum Gasteiger partial charge on any atom is 0.324 e. The van der Waals surface area contributed by atoms with Crippen molar-refractivity contribution in [3.05, 3.63) is 35.2 Å². The van der Waals surface area contributed by atoms with E-state index in [4.69, 9.17) is 0 Å². The molecule has 0 saturated carbocycles. The summed E-state index contributed by atoms with van der Waals surface area (Å²) in [5, 5.41) is 3.87. The number of benzene rings is 1. The van der Waals surface area contributed by atoms with Gasteiger partial charge in [-0.25, -0.2) is 4.79 Å². The Bertz CT molecular complexity index is 602. The number of hydrogen-bond donors (Lipinski definition) is 1. The molecule has 1 N–H and O–H groups in total. The van der Waals surface area contributed by atoms with Crippen molar-refractivity contribution in [2.24, 2.45) is 0 Å². The molecule has 1 aliphatic heterocycles. The SMILES string of the molecule is CN1C(=O)NC(Cc2cc3ccccc3s2)C1=O. The zero-order chi connectivity index (χ0) is 12.7. The van der Waals surface area contributed by atoms with Crippen LogP contribution in [0.5, 0.6) is 0 Å². The van der Waals surface area contributed by atoms with E-state index in [1.807, 2.05) is 12.1 Å². The molecule has 18 heavy (non-hydrogen) atoms. The Labute approximate surface area is 108 Å². The van der Waals surface area contributed by atoms with Gasteiger partial charge in [-0.1, -0.05) is 18.2 Å². The van der Waals surface area contributed by atoms with E-state index in [1.54, 1.807) is 11.3 Å². The van der Waals surface area contributed by atoms with Gasteiger partial charge in [-0.3, -0.25) is 9.69 Å². The topological polar surface area (TPSA) is 49.4 Å². The van der Waals surface area contributed by atoms with E-state index in [0.29, 0.717) is 6.42 Å². The molecule has 3 amide bonds. The number of thiophene rings is 1. The third kappa shape index (κ3) is 1.76. The summed E-state index contributed by atoms with van der Waals surface area (Å²) in [5.74, 6) is -0.155. The molecule has 2 heterocycles. The Morgan fingerprint density at radius 1 is 1.33 bits per heavy atom. The lowest BCUT2D eigenvalue weighted by atomic mass is 10.1. The standard InChI is InChI=1S/C13H12N2O2S/c1-15-12(16)10(14-13(15)17)7-9-6-8-4-2-3-5-11(8)18-9/h2-6,10H,7H2,1H3,(H,14,17). The maximum atomic E-state index is 11.8. The molecule has 92 valence electrons. The van der Waals surface area contributed by atoms with Gasteiger partial charge in [0, 0.05) is 23.0 Å². The molecule has 1 atom stereocenters. The zero-order valence-corrected chi connectivity index (χ0v) is 10.7. The van der Waals surface area contributed by atoms with Crippen LogP contribution in [-0.4, -0.2) is 29.9 Å². The lowest BCUT2D eigenvalue weighted by molar-refractivity contribution is -0.126. The molecule has 0 radical (unpaired) electrons. The number of hydrogen-bond acceptors (Lipinski definition) is 3. The second kappa shape index (κ2) is 4.10. The lowest BCUT2D eigenvalue weighted by Crippen LogP contribution is -2.30. The minimum atomic E-state index is -0.421. The van der Waals surface area contributed by atoms with Crippen molar-refractivity contribution in [2.75, 3.05) is 7.05 Å². The molecule has 4 nitrogen and oxygen atoms in total. The molecule has 1 aromatic carbocycles. The highest BCUT2D eigenvalue weighted by Crippen LogP contribution is 2.26. The molecule has 5 heteroatoms. The van der Waals surface area contributed by atoms with E-state index in [9.17, 15) is 9.59 Å². The number of nitrogens with zero attached hydrogens (tertiary/aromatic N) is 1. The van der Waals surface area contributed by atoms with E-state index in [0.717, 1.165) is 9.78 Å². The summed E-state index contributed by atoms with van der Waals surface area (Å²) in [7, 11) is 1.50. The number of likely N-dealkylation sites (N-methyl/N-ethyl adjacent to an activating group) is 1. The van der Waals surface area contributed by atoms with E-state index >= 15 is 0 Å². The Hall–Kier alpha value is -1.88. The highest BCUT2D eigenvalue weighted by Gasteiger charge is 2.35. The number of amides is 3. The van der Waals surface area contributed by atoms with Crippen LogP contribution in [0.4, 0.5) is 4.79 Å². The van der Waals surface area contributed by atoms with Crippen LogP contribution in [-0.2, 0) is 11.2 Å². The third-order valence-electron chi connectivity index (χ3n) is 3.11. The summed E-state index contributed by atoms with van der Waals surface area (Å²) < 4.78 is 1.21. The van der Waals surface area contributed by atoms with Crippen LogP contribution < -0.4 is 5.32 Å². The highest BCUT2D eigenvalue weighted by atomic mass is 32.1. The van der Waals surface area contributed by atoms with Gasteiger partial charge in [0.25, 0.3) is 5.91 Å². The Morgan fingerprint density at radius 3 is 2.78 bits per heavy atom. The quantitative estimate of drug-likeness (QED) is 0.840. The van der Waals surface area contributed by atoms with E-state index < -0.39 is 6.04 Å². The lowest BCUT2D eigenvalue weighted by Gasteiger charge is -2.05. The Balaban J connectivity index is 1.85. The van der Waals surface area contributed by atoms with Gasteiger partial charge in [0.1, 0.15) is 6.04 Å². The van der Waals surface area contributed by atoms with Gasteiger partial charge in [0.2, 0.25) is 0 Å². The van der Waals surface area contributed by atoms with Crippen LogP contribution >= 0.6 is 11.3 Å². The summed E-state index contributed by atoms with van der Waals surface area (Å²) in [6.07, 6.45) is 0.564. The molecule has 1 aliphatic rings. The summed E-state index contributed by atoms with van der Waals surface area (Å²) >= 11 is 1.67. The number of urea groups is 1. The molecule has 3 rings (SSSR count). The van der Waals surface area contributed by atoms with Crippen LogP contribution in [0, 0.1) is 0 Å². The van der Waals surface area contributed by atoms with Gasteiger partial charge in [0.05, 0.1) is 0 Å². The predicted octanol–water partition coefficient (Wildman–Crippen LogP) is 1.99. The fourth-order valence-corrected chi connectivity index (χ4v) is 3.23. The van der Waals surface area contributed by atoms with Gasteiger partial charge in [-0.15, -0.1) is 11.3 Å². The molecule has 1 aromatic heterocycles. The molecule has 1 fully saturated rings. The molecule has 2 aromatic rings. The predicted molar refractivity (Wildman–Crippen MR) is 70.6 cm³/mol. The van der Waals surface area contributed by atoms with Gasteiger partial charge in [-0.2, -0.15) is 0 Å². The molecule has 0 spiro atoms. The number of imide groups is 1. The van der Waals surface area contributed by atoms with Crippen molar-refractivity contribution in [1.29, 1.82) is 0 Å². The van der Waals surface area contributed by atoms with Crippen molar-refractivity contribution in [2.45, 2.75) is 12.5 Å². The van der Waals surface area contributed by atoms with Gasteiger partial charge >= 0.3 is 6.03 Å². The van der Waals surface area contributed by atoms with Crippen molar-refractivity contribution in [3.8, 4) is 0 Å². The van der Waals surface area contributed by atoms with E-state index in [-0.39, 0.29) is 11.9 Å². The Kier molecular flexibility index (Phi) is 2.56. The van der Waals surface area contributed by atoms with Crippen LogP contribution in [0.3, 0.4) is 0 Å². The molecule has 1 saturated heterocycles. The molecular weight excluding hydrogens is 248 g/mol. The van der Waals surface area contributed by atoms with Crippen molar-refractivity contribution in [1.82, 2.24) is 10.2 Å². The van der Waals surface area contributed by atoms with Crippen LogP contribution in [0.25, 0.3) is 10.1 Å². The first-order valence-corrected chi connectivity index (χ1v) is 6.52. The normalized spacial score (nSPS) is 19.6. The number of rotatable bonds is 2. The second-order valence-corrected chi connectivity index (χ2v) is 5.52. The Morgan fingerprint density at radius 2 is 2.11 bits per heavy atom. The van der Waals surface area contributed by atoms with Crippen molar-refractivity contribution in [3.63, 3.8) is 0 Å². The van der Waals surface area contributed by atoms with Gasteiger partial charge < -0.3 is 5.32 Å². The van der Waals surface area contributed by atoms with E-state index in [2.05, 4.69) is 23.5 Å².